The van der Waals surface area contributed by atoms with Crippen LogP contribution in [0.2, 0.25) is 5.02 Å². The summed E-state index contributed by atoms with van der Waals surface area (Å²) in [6, 6.07) is 14.2. The highest BCUT2D eigenvalue weighted by Gasteiger charge is 2.35. The first kappa shape index (κ1) is 14.9. The van der Waals surface area contributed by atoms with Crippen molar-refractivity contribution >= 4 is 27.5 Å². The molecule has 0 amide bonds. The molecule has 2 aromatic rings. The Kier molecular flexibility index (Phi) is 4.25. The molecule has 3 rings (SSSR count). The molecule has 0 radical (unpaired) electrons. The lowest BCUT2D eigenvalue weighted by atomic mass is 9.75. The van der Waals surface area contributed by atoms with Crippen LogP contribution in [0.3, 0.4) is 0 Å². The van der Waals surface area contributed by atoms with Gasteiger partial charge >= 0.3 is 0 Å². The third kappa shape index (κ3) is 3.10. The molecule has 0 saturated heterocycles. The maximum atomic E-state index is 6.36. The molecule has 21 heavy (non-hydrogen) atoms. The number of hydrogen-bond donors (Lipinski definition) is 1. The molecule has 1 aliphatic heterocycles. The molecule has 0 spiro atoms. The van der Waals surface area contributed by atoms with Crippen LogP contribution in [0.15, 0.2) is 46.9 Å². The van der Waals surface area contributed by atoms with Crippen molar-refractivity contribution in [1.82, 2.24) is 0 Å². The van der Waals surface area contributed by atoms with Crippen molar-refractivity contribution in [3.8, 4) is 5.75 Å². The average molecular weight is 367 g/mol. The second-order valence-corrected chi connectivity index (χ2v) is 7.01. The first-order chi connectivity index (χ1) is 10.1. The number of ether oxygens (including phenoxy) is 1. The predicted molar refractivity (Wildman–Crippen MR) is 90.0 cm³/mol. The minimum atomic E-state index is -0.0914. The van der Waals surface area contributed by atoms with E-state index in [2.05, 4.69) is 28.1 Å². The van der Waals surface area contributed by atoms with Crippen LogP contribution in [0, 0.1) is 5.41 Å². The molecule has 2 N–H and O–H groups in total. The van der Waals surface area contributed by atoms with Gasteiger partial charge in [0.25, 0.3) is 0 Å². The van der Waals surface area contributed by atoms with Crippen LogP contribution in [0.4, 0.5) is 0 Å². The van der Waals surface area contributed by atoms with Gasteiger partial charge in [0.05, 0.1) is 6.61 Å². The van der Waals surface area contributed by atoms with Gasteiger partial charge in [-0.05, 0) is 42.2 Å². The molecule has 0 fully saturated rings. The minimum absolute atomic E-state index is 0.0914. The van der Waals surface area contributed by atoms with Gasteiger partial charge in [-0.25, -0.2) is 0 Å². The number of halogens is 2. The molecular formula is C17H17BrClNO. The van der Waals surface area contributed by atoms with Crippen LogP contribution >= 0.6 is 27.5 Å². The normalized spacial score (nSPS) is 20.7. The van der Waals surface area contributed by atoms with E-state index in [1.165, 1.54) is 5.56 Å². The second-order valence-electron chi connectivity index (χ2n) is 5.69. The first-order valence-corrected chi connectivity index (χ1v) is 8.14. The highest BCUT2D eigenvalue weighted by molar-refractivity contribution is 9.10. The Labute approximate surface area is 138 Å². The van der Waals surface area contributed by atoms with Gasteiger partial charge in [0.2, 0.25) is 0 Å². The van der Waals surface area contributed by atoms with Gasteiger partial charge in [0.1, 0.15) is 5.75 Å². The van der Waals surface area contributed by atoms with Crippen molar-refractivity contribution in [1.29, 1.82) is 0 Å². The standard InChI is InChI=1S/C17H17BrClNO/c18-14-6-5-12(15(19)7-14)8-17(10-20)9-13-3-1-2-4-16(13)21-11-17/h1-7H,8-11,20H2. The van der Waals surface area contributed by atoms with E-state index < -0.39 is 0 Å². The van der Waals surface area contributed by atoms with Crippen LogP contribution in [-0.4, -0.2) is 13.2 Å². The quantitative estimate of drug-likeness (QED) is 0.882. The van der Waals surface area contributed by atoms with Crippen molar-refractivity contribution in [3.05, 3.63) is 63.1 Å². The number of benzene rings is 2. The zero-order valence-electron chi connectivity index (χ0n) is 11.6. The summed E-state index contributed by atoms with van der Waals surface area (Å²) in [5, 5.41) is 0.774. The third-order valence-corrected chi connectivity index (χ3v) is 4.93. The Morgan fingerprint density at radius 1 is 1.24 bits per heavy atom. The highest BCUT2D eigenvalue weighted by atomic mass is 79.9. The fraction of sp³-hybridized carbons (Fsp3) is 0.294. The Morgan fingerprint density at radius 2 is 2.05 bits per heavy atom. The Bertz CT molecular complexity index is 661. The molecule has 0 saturated carbocycles. The van der Waals surface area contributed by atoms with E-state index in [9.17, 15) is 0 Å². The van der Waals surface area contributed by atoms with E-state index in [1.54, 1.807) is 0 Å². The maximum absolute atomic E-state index is 6.36. The predicted octanol–water partition coefficient (Wildman–Crippen LogP) is 4.23. The Hall–Kier alpha value is -1.03. The zero-order chi connectivity index (χ0) is 14.9. The molecule has 110 valence electrons. The second kappa shape index (κ2) is 5.99. The van der Waals surface area contributed by atoms with Crippen LogP contribution in [0.5, 0.6) is 5.75 Å². The van der Waals surface area contributed by atoms with E-state index in [0.29, 0.717) is 13.2 Å². The molecule has 0 aromatic heterocycles. The van der Waals surface area contributed by atoms with E-state index in [1.807, 2.05) is 30.3 Å². The van der Waals surface area contributed by atoms with Crippen molar-refractivity contribution in [3.63, 3.8) is 0 Å². The molecular weight excluding hydrogens is 350 g/mol. The number of para-hydroxylation sites is 1. The molecule has 1 heterocycles. The van der Waals surface area contributed by atoms with E-state index in [4.69, 9.17) is 22.1 Å². The van der Waals surface area contributed by atoms with Gasteiger partial charge in [-0.2, -0.15) is 0 Å². The summed E-state index contributed by atoms with van der Waals surface area (Å²) in [7, 11) is 0. The molecule has 1 atom stereocenters. The van der Waals surface area contributed by atoms with Gasteiger partial charge < -0.3 is 10.5 Å². The van der Waals surface area contributed by atoms with Crippen molar-refractivity contribution in [2.24, 2.45) is 11.1 Å². The summed E-state index contributed by atoms with van der Waals surface area (Å²) in [5.74, 6) is 0.975. The molecule has 2 nitrogen and oxygen atoms in total. The summed E-state index contributed by atoms with van der Waals surface area (Å²) in [5.41, 5.74) is 8.34. The number of fused-ring (bicyclic) bond motifs is 1. The third-order valence-electron chi connectivity index (χ3n) is 4.09. The van der Waals surface area contributed by atoms with Gasteiger partial charge in [-0.1, -0.05) is 51.8 Å². The lowest BCUT2D eigenvalue weighted by Crippen LogP contribution is -2.43. The fourth-order valence-corrected chi connectivity index (χ4v) is 3.60. The molecule has 2 aromatic carbocycles. The zero-order valence-corrected chi connectivity index (χ0v) is 14.0. The maximum Gasteiger partial charge on any atom is 0.122 e. The van der Waals surface area contributed by atoms with Crippen LogP contribution in [-0.2, 0) is 12.8 Å². The van der Waals surface area contributed by atoms with Crippen molar-refractivity contribution < 1.29 is 4.74 Å². The number of rotatable bonds is 3. The summed E-state index contributed by atoms with van der Waals surface area (Å²) in [4.78, 5) is 0. The van der Waals surface area contributed by atoms with Gasteiger partial charge in [0.15, 0.2) is 0 Å². The van der Waals surface area contributed by atoms with Gasteiger partial charge in [-0.3, -0.25) is 0 Å². The van der Waals surface area contributed by atoms with E-state index >= 15 is 0 Å². The fourth-order valence-electron chi connectivity index (χ4n) is 2.86. The summed E-state index contributed by atoms with van der Waals surface area (Å²) in [6.07, 6.45) is 1.75. The number of hydrogen-bond acceptors (Lipinski definition) is 2. The topological polar surface area (TPSA) is 35.2 Å². The molecule has 0 bridgehead atoms. The molecule has 4 heteroatoms. The van der Waals surface area contributed by atoms with Gasteiger partial charge in [0, 0.05) is 21.5 Å². The van der Waals surface area contributed by atoms with Crippen molar-refractivity contribution in [2.45, 2.75) is 12.8 Å². The summed E-state index contributed by atoms with van der Waals surface area (Å²) >= 11 is 9.80. The van der Waals surface area contributed by atoms with Crippen LogP contribution in [0.25, 0.3) is 0 Å². The van der Waals surface area contributed by atoms with Crippen molar-refractivity contribution in [2.75, 3.05) is 13.2 Å². The Balaban J connectivity index is 1.88. The van der Waals surface area contributed by atoms with E-state index in [0.717, 1.165) is 33.6 Å². The first-order valence-electron chi connectivity index (χ1n) is 6.97. The van der Waals surface area contributed by atoms with Crippen LogP contribution in [0.1, 0.15) is 11.1 Å². The number of nitrogens with two attached hydrogens (primary N) is 1. The molecule has 1 aliphatic rings. The lowest BCUT2D eigenvalue weighted by Gasteiger charge is -2.37. The summed E-state index contributed by atoms with van der Waals surface area (Å²) < 4.78 is 6.92. The van der Waals surface area contributed by atoms with E-state index in [-0.39, 0.29) is 5.41 Å². The van der Waals surface area contributed by atoms with Gasteiger partial charge in [-0.15, -0.1) is 0 Å². The SMILES string of the molecule is NCC1(Cc2ccc(Br)cc2Cl)COc2ccccc2C1. The lowest BCUT2D eigenvalue weighted by molar-refractivity contribution is 0.126. The largest absolute Gasteiger partial charge is 0.493 e. The Morgan fingerprint density at radius 3 is 2.81 bits per heavy atom. The van der Waals surface area contributed by atoms with Crippen LogP contribution < -0.4 is 10.5 Å². The molecule has 0 aliphatic carbocycles. The highest BCUT2D eigenvalue weighted by Crippen LogP contribution is 2.37. The summed E-state index contributed by atoms with van der Waals surface area (Å²) in [6.45, 7) is 1.21. The average Bonchev–Trinajstić information content (AvgIpc) is 2.50. The monoisotopic (exact) mass is 365 g/mol. The smallest absolute Gasteiger partial charge is 0.122 e. The minimum Gasteiger partial charge on any atom is -0.493 e. The molecule has 1 unspecified atom stereocenters.